The Morgan fingerprint density at radius 1 is 1.26 bits per heavy atom. The normalized spacial score (nSPS) is 14.9. The van der Waals surface area contributed by atoms with E-state index in [2.05, 4.69) is 6.58 Å². The molecule has 0 aromatic heterocycles. The van der Waals surface area contributed by atoms with Crippen LogP contribution in [0.5, 0.6) is 0 Å². The minimum Gasteiger partial charge on any atom is -0.393 e. The van der Waals surface area contributed by atoms with Gasteiger partial charge in [-0.05, 0) is 12.0 Å². The van der Waals surface area contributed by atoms with Gasteiger partial charge in [0.2, 0.25) is 0 Å². The lowest BCUT2D eigenvalue weighted by atomic mass is 10.1. The summed E-state index contributed by atoms with van der Waals surface area (Å²) in [6, 6.07) is 8.61. The van der Waals surface area contributed by atoms with E-state index >= 15 is 0 Å². The van der Waals surface area contributed by atoms with Crippen LogP contribution in [0.3, 0.4) is 0 Å². The summed E-state index contributed by atoms with van der Waals surface area (Å²) in [7, 11) is 0. The summed E-state index contributed by atoms with van der Waals surface area (Å²) in [6.07, 6.45) is -6.54. The van der Waals surface area contributed by atoms with Crippen LogP contribution in [0, 0.1) is 0 Å². The molecule has 1 N–H and O–H groups in total. The van der Waals surface area contributed by atoms with Crippen molar-refractivity contribution in [2.75, 3.05) is 0 Å². The van der Waals surface area contributed by atoms with Crippen molar-refractivity contribution in [3.05, 3.63) is 48.6 Å². The molecule has 0 fully saturated rings. The molecule has 0 radical (unpaired) electrons. The van der Waals surface area contributed by atoms with Crippen LogP contribution in [0.1, 0.15) is 18.4 Å². The summed E-state index contributed by atoms with van der Waals surface area (Å²) in [5.41, 5.74) is 0.662. The summed E-state index contributed by atoms with van der Waals surface area (Å²) in [4.78, 5) is 0. The van der Waals surface area contributed by atoms with Crippen molar-refractivity contribution in [1.82, 2.24) is 0 Å². The second-order valence-corrected chi connectivity index (χ2v) is 4.24. The zero-order chi connectivity index (χ0) is 14.3. The van der Waals surface area contributed by atoms with E-state index < -0.39 is 24.8 Å². The molecule has 106 valence electrons. The SMILES string of the molecule is C=CC[C@@H](O)C[C@H](OCc1ccccc1)C(F)(F)F. The molecule has 2 nitrogen and oxygen atoms in total. The third kappa shape index (κ3) is 5.89. The maximum Gasteiger partial charge on any atom is 0.414 e. The number of halogens is 3. The second kappa shape index (κ2) is 7.31. The summed E-state index contributed by atoms with van der Waals surface area (Å²) >= 11 is 0. The molecule has 1 rings (SSSR count). The first-order valence-electron chi connectivity index (χ1n) is 5.94. The molecular weight excluding hydrogens is 257 g/mol. The summed E-state index contributed by atoms with van der Waals surface area (Å²) in [5, 5.41) is 9.43. The van der Waals surface area contributed by atoms with E-state index in [0.29, 0.717) is 5.56 Å². The van der Waals surface area contributed by atoms with Crippen molar-refractivity contribution >= 4 is 0 Å². The topological polar surface area (TPSA) is 29.5 Å². The highest BCUT2D eigenvalue weighted by atomic mass is 19.4. The third-order valence-electron chi connectivity index (χ3n) is 2.58. The highest BCUT2D eigenvalue weighted by molar-refractivity contribution is 5.13. The average molecular weight is 274 g/mol. The number of hydrogen-bond donors (Lipinski definition) is 1. The van der Waals surface area contributed by atoms with Gasteiger partial charge in [0.25, 0.3) is 0 Å². The van der Waals surface area contributed by atoms with Crippen molar-refractivity contribution in [2.24, 2.45) is 0 Å². The second-order valence-electron chi connectivity index (χ2n) is 4.24. The molecule has 0 bridgehead atoms. The number of aliphatic hydroxyl groups is 1. The first kappa shape index (κ1) is 15.7. The summed E-state index contributed by atoms with van der Waals surface area (Å²) < 4.78 is 43.2. The molecule has 19 heavy (non-hydrogen) atoms. The van der Waals surface area contributed by atoms with Gasteiger partial charge in [-0.1, -0.05) is 36.4 Å². The number of hydrogen-bond acceptors (Lipinski definition) is 2. The predicted octanol–water partition coefficient (Wildman–Crippen LogP) is 3.46. The highest BCUT2D eigenvalue weighted by Crippen LogP contribution is 2.27. The Balaban J connectivity index is 2.58. The number of rotatable bonds is 7. The minimum atomic E-state index is -4.49. The Morgan fingerprint density at radius 2 is 1.89 bits per heavy atom. The molecule has 0 heterocycles. The Morgan fingerprint density at radius 3 is 2.42 bits per heavy atom. The minimum absolute atomic E-state index is 0.112. The third-order valence-corrected chi connectivity index (χ3v) is 2.58. The Labute approximate surface area is 110 Å². The van der Waals surface area contributed by atoms with Gasteiger partial charge in [0, 0.05) is 6.42 Å². The first-order chi connectivity index (χ1) is 8.93. The lowest BCUT2D eigenvalue weighted by Crippen LogP contribution is -2.35. The van der Waals surface area contributed by atoms with Gasteiger partial charge in [-0.3, -0.25) is 0 Å². The van der Waals surface area contributed by atoms with Crippen molar-refractivity contribution in [2.45, 2.75) is 37.8 Å². The van der Waals surface area contributed by atoms with Crippen molar-refractivity contribution < 1.29 is 23.0 Å². The Bertz CT molecular complexity index is 376. The van der Waals surface area contributed by atoms with Crippen LogP contribution >= 0.6 is 0 Å². The van der Waals surface area contributed by atoms with Crippen molar-refractivity contribution in [3.63, 3.8) is 0 Å². The fourth-order valence-electron chi connectivity index (χ4n) is 1.60. The summed E-state index contributed by atoms with van der Waals surface area (Å²) in [6.45, 7) is 3.25. The molecule has 0 aliphatic rings. The predicted molar refractivity (Wildman–Crippen MR) is 66.5 cm³/mol. The van der Waals surface area contributed by atoms with E-state index in [9.17, 15) is 18.3 Å². The molecule has 5 heteroatoms. The van der Waals surface area contributed by atoms with E-state index in [-0.39, 0.29) is 13.0 Å². The average Bonchev–Trinajstić information content (AvgIpc) is 2.34. The van der Waals surface area contributed by atoms with Crippen LogP contribution in [0.4, 0.5) is 13.2 Å². The van der Waals surface area contributed by atoms with Gasteiger partial charge in [-0.25, -0.2) is 0 Å². The number of alkyl halides is 3. The van der Waals surface area contributed by atoms with Crippen LogP contribution in [-0.4, -0.2) is 23.5 Å². The van der Waals surface area contributed by atoms with Crippen LogP contribution in [0.25, 0.3) is 0 Å². The quantitative estimate of drug-likeness (QED) is 0.771. The van der Waals surface area contributed by atoms with Gasteiger partial charge < -0.3 is 9.84 Å². The largest absolute Gasteiger partial charge is 0.414 e. The van der Waals surface area contributed by atoms with Crippen LogP contribution in [0.2, 0.25) is 0 Å². The lowest BCUT2D eigenvalue weighted by Gasteiger charge is -2.23. The maximum atomic E-state index is 12.8. The molecule has 0 aliphatic carbocycles. The van der Waals surface area contributed by atoms with Crippen molar-refractivity contribution in [3.8, 4) is 0 Å². The molecule has 0 aliphatic heterocycles. The van der Waals surface area contributed by atoms with Gasteiger partial charge in [0.15, 0.2) is 6.10 Å². The monoisotopic (exact) mass is 274 g/mol. The van der Waals surface area contributed by atoms with E-state index in [1.807, 2.05) is 0 Å². The summed E-state index contributed by atoms with van der Waals surface area (Å²) in [5.74, 6) is 0. The molecular formula is C14H17F3O2. The van der Waals surface area contributed by atoms with Crippen LogP contribution < -0.4 is 0 Å². The first-order valence-corrected chi connectivity index (χ1v) is 5.94. The highest BCUT2D eigenvalue weighted by Gasteiger charge is 2.41. The standard InChI is InChI=1S/C14H17F3O2/c1-2-6-12(18)9-13(14(15,16)17)19-10-11-7-4-3-5-8-11/h2-5,7-8,12-13,18H,1,6,9-10H2/t12-,13+/m1/s1. The molecule has 0 amide bonds. The zero-order valence-electron chi connectivity index (χ0n) is 10.4. The fourth-order valence-corrected chi connectivity index (χ4v) is 1.60. The fraction of sp³-hybridized carbons (Fsp3) is 0.429. The zero-order valence-corrected chi connectivity index (χ0v) is 10.4. The Kier molecular flexibility index (Phi) is 6.05. The molecule has 0 spiro atoms. The smallest absolute Gasteiger partial charge is 0.393 e. The van der Waals surface area contributed by atoms with Gasteiger partial charge in [0.1, 0.15) is 0 Å². The van der Waals surface area contributed by atoms with Gasteiger partial charge in [-0.2, -0.15) is 13.2 Å². The maximum absolute atomic E-state index is 12.8. The number of benzene rings is 1. The van der Waals surface area contributed by atoms with E-state index in [0.717, 1.165) is 0 Å². The Hall–Kier alpha value is -1.33. The van der Waals surface area contributed by atoms with Crippen molar-refractivity contribution in [1.29, 1.82) is 0 Å². The molecule has 1 aromatic rings. The van der Waals surface area contributed by atoms with E-state index in [1.165, 1.54) is 6.08 Å². The van der Waals surface area contributed by atoms with E-state index in [4.69, 9.17) is 4.74 Å². The molecule has 0 saturated carbocycles. The molecule has 0 unspecified atom stereocenters. The van der Waals surface area contributed by atoms with E-state index in [1.54, 1.807) is 30.3 Å². The van der Waals surface area contributed by atoms with Crippen LogP contribution in [-0.2, 0) is 11.3 Å². The molecule has 0 saturated heterocycles. The van der Waals surface area contributed by atoms with Gasteiger partial charge >= 0.3 is 6.18 Å². The number of aliphatic hydroxyl groups excluding tert-OH is 1. The van der Waals surface area contributed by atoms with Gasteiger partial charge in [0.05, 0.1) is 12.7 Å². The van der Waals surface area contributed by atoms with Gasteiger partial charge in [-0.15, -0.1) is 6.58 Å². The number of ether oxygens (including phenoxy) is 1. The molecule has 1 aromatic carbocycles. The van der Waals surface area contributed by atoms with Crippen LogP contribution in [0.15, 0.2) is 43.0 Å². The molecule has 2 atom stereocenters. The lowest BCUT2D eigenvalue weighted by molar-refractivity contribution is -0.230.